The van der Waals surface area contributed by atoms with Crippen LogP contribution in [-0.4, -0.2) is 36.1 Å². The molecule has 1 aliphatic heterocycles. The molecule has 3 rings (SSSR count). The van der Waals surface area contributed by atoms with E-state index in [9.17, 15) is 4.79 Å². The molecule has 0 bridgehead atoms. The summed E-state index contributed by atoms with van der Waals surface area (Å²) in [5.41, 5.74) is 5.52. The van der Waals surface area contributed by atoms with E-state index >= 15 is 0 Å². The maximum absolute atomic E-state index is 13.1. The van der Waals surface area contributed by atoms with Gasteiger partial charge in [-0.1, -0.05) is 13.8 Å². The highest BCUT2D eigenvalue weighted by Gasteiger charge is 2.70. The predicted molar refractivity (Wildman–Crippen MR) is 98.9 cm³/mol. The van der Waals surface area contributed by atoms with Gasteiger partial charge in [0.25, 0.3) is 0 Å². The number of carbonyl (C=O) groups excluding carboxylic acids is 1. The van der Waals surface area contributed by atoms with Gasteiger partial charge in [0.15, 0.2) is 0 Å². The number of rotatable bonds is 3. The first kappa shape index (κ1) is 19.2. The Morgan fingerprint density at radius 1 is 1.57 bits per heavy atom. The van der Waals surface area contributed by atoms with Crippen molar-refractivity contribution in [1.82, 2.24) is 4.90 Å². The summed E-state index contributed by atoms with van der Waals surface area (Å²) in [4.78, 5) is 16.0. The van der Waals surface area contributed by atoms with Crippen molar-refractivity contribution in [2.24, 2.45) is 17.1 Å². The van der Waals surface area contributed by atoms with Crippen LogP contribution in [0.3, 0.4) is 0 Å². The molecule has 0 aromatic carbocycles. The lowest BCUT2D eigenvalue weighted by molar-refractivity contribution is -0.229. The van der Waals surface area contributed by atoms with Crippen LogP contribution in [-0.2, 0) is 16.1 Å². The molecule has 3 atom stereocenters. The third-order valence-corrected chi connectivity index (χ3v) is 7.08. The van der Waals surface area contributed by atoms with Crippen LogP contribution in [0.5, 0.6) is 0 Å². The van der Waals surface area contributed by atoms with Crippen molar-refractivity contribution in [3.63, 3.8) is 0 Å². The Morgan fingerprint density at radius 2 is 2.26 bits per heavy atom. The molecule has 3 unspecified atom stereocenters. The number of likely N-dealkylation sites (N-methyl/N-ethyl adjacent to an activating group) is 1. The number of halogens is 2. The molecule has 4 nitrogen and oxygen atoms in total. The quantitative estimate of drug-likeness (QED) is 0.810. The highest BCUT2D eigenvalue weighted by atomic mass is 79.9. The molecule has 0 radical (unpaired) electrons. The van der Waals surface area contributed by atoms with E-state index in [1.165, 1.54) is 0 Å². The molecular weight excluding hydrogens is 400 g/mol. The van der Waals surface area contributed by atoms with Crippen molar-refractivity contribution < 1.29 is 9.53 Å². The fourth-order valence-electron chi connectivity index (χ4n) is 4.07. The molecule has 130 valence electrons. The SMILES string of the molecule is CN(Cc1cc(Br)cs1)C(=O)C1(N)C2CCCOC2C1(C)C.Cl. The average molecular weight is 424 g/mol. The number of nitrogens with two attached hydrogens (primary N) is 1. The second-order valence-corrected chi connectivity index (χ2v) is 8.93. The molecule has 2 aliphatic rings. The lowest BCUT2D eigenvalue weighted by Gasteiger charge is -2.65. The fourth-order valence-corrected chi connectivity index (χ4v) is 5.57. The van der Waals surface area contributed by atoms with Crippen LogP contribution in [0.1, 0.15) is 31.6 Å². The van der Waals surface area contributed by atoms with Crippen molar-refractivity contribution in [2.75, 3.05) is 13.7 Å². The lowest BCUT2D eigenvalue weighted by Crippen LogP contribution is -2.82. The van der Waals surface area contributed by atoms with Gasteiger partial charge in [-0.15, -0.1) is 23.7 Å². The van der Waals surface area contributed by atoms with Crippen LogP contribution < -0.4 is 5.73 Å². The molecule has 1 saturated heterocycles. The van der Waals surface area contributed by atoms with Crippen molar-refractivity contribution in [2.45, 2.75) is 44.9 Å². The first-order valence-electron chi connectivity index (χ1n) is 7.67. The number of amides is 1. The summed E-state index contributed by atoms with van der Waals surface area (Å²) < 4.78 is 6.94. The number of hydrogen-bond donors (Lipinski definition) is 1. The molecular formula is C16H24BrClN2O2S. The first-order chi connectivity index (χ1) is 10.3. The third-order valence-electron chi connectivity index (χ3n) is 5.40. The lowest BCUT2D eigenvalue weighted by atomic mass is 9.46. The van der Waals surface area contributed by atoms with Crippen molar-refractivity contribution in [3.05, 3.63) is 20.8 Å². The minimum absolute atomic E-state index is 0. The maximum Gasteiger partial charge on any atom is 0.243 e. The monoisotopic (exact) mass is 422 g/mol. The van der Waals surface area contributed by atoms with Gasteiger partial charge in [-0.3, -0.25) is 4.79 Å². The molecule has 1 aliphatic carbocycles. The summed E-state index contributed by atoms with van der Waals surface area (Å²) in [5, 5.41) is 2.03. The molecule has 1 saturated carbocycles. The number of carbonyl (C=O) groups is 1. The minimum Gasteiger partial charge on any atom is -0.377 e. The van der Waals surface area contributed by atoms with E-state index < -0.39 is 5.54 Å². The smallest absolute Gasteiger partial charge is 0.243 e. The second-order valence-electron chi connectivity index (χ2n) is 7.02. The third kappa shape index (κ3) is 2.86. The summed E-state index contributed by atoms with van der Waals surface area (Å²) in [7, 11) is 1.84. The van der Waals surface area contributed by atoms with Crippen molar-refractivity contribution in [1.29, 1.82) is 0 Å². The Balaban J connectivity index is 0.00000192. The van der Waals surface area contributed by atoms with E-state index in [-0.39, 0.29) is 35.8 Å². The van der Waals surface area contributed by atoms with Gasteiger partial charge in [0.05, 0.1) is 12.6 Å². The Morgan fingerprint density at radius 3 is 2.87 bits per heavy atom. The number of ether oxygens (including phenoxy) is 1. The van der Waals surface area contributed by atoms with E-state index in [4.69, 9.17) is 10.5 Å². The topological polar surface area (TPSA) is 55.6 Å². The van der Waals surface area contributed by atoms with E-state index in [1.807, 2.05) is 12.4 Å². The van der Waals surface area contributed by atoms with Gasteiger partial charge in [-0.2, -0.15) is 0 Å². The van der Waals surface area contributed by atoms with Gasteiger partial charge in [0, 0.05) is 39.7 Å². The molecule has 7 heteroatoms. The van der Waals surface area contributed by atoms with E-state index in [1.54, 1.807) is 16.2 Å². The van der Waals surface area contributed by atoms with Crippen LogP contribution >= 0.6 is 39.7 Å². The van der Waals surface area contributed by atoms with Crippen molar-refractivity contribution in [3.8, 4) is 0 Å². The largest absolute Gasteiger partial charge is 0.377 e. The Kier molecular flexibility index (Phi) is 5.54. The molecule has 23 heavy (non-hydrogen) atoms. The number of thiophene rings is 1. The van der Waals surface area contributed by atoms with Gasteiger partial charge < -0.3 is 15.4 Å². The van der Waals surface area contributed by atoms with Crippen LogP contribution in [0.4, 0.5) is 0 Å². The summed E-state index contributed by atoms with van der Waals surface area (Å²) in [5.74, 6) is 0.176. The van der Waals surface area contributed by atoms with Gasteiger partial charge in [0.2, 0.25) is 5.91 Å². The molecule has 1 aromatic heterocycles. The van der Waals surface area contributed by atoms with E-state index in [0.717, 1.165) is 28.8 Å². The normalized spacial score (nSPS) is 31.5. The van der Waals surface area contributed by atoms with Gasteiger partial charge in [-0.05, 0) is 34.8 Å². The Hall–Kier alpha value is -0.140. The predicted octanol–water partition coefficient (Wildman–Crippen LogP) is 3.42. The molecule has 2 N–H and O–H groups in total. The summed E-state index contributed by atoms with van der Waals surface area (Å²) in [6.45, 7) is 5.51. The highest BCUT2D eigenvalue weighted by Crippen LogP contribution is 2.57. The van der Waals surface area contributed by atoms with Crippen LogP contribution in [0.25, 0.3) is 0 Å². The maximum atomic E-state index is 13.1. The number of hydrogen-bond acceptors (Lipinski definition) is 4. The first-order valence-corrected chi connectivity index (χ1v) is 9.34. The van der Waals surface area contributed by atoms with Crippen LogP contribution in [0.2, 0.25) is 0 Å². The van der Waals surface area contributed by atoms with E-state index in [0.29, 0.717) is 6.54 Å². The zero-order valence-electron chi connectivity index (χ0n) is 13.7. The molecule has 1 amide bonds. The Bertz CT molecular complexity index is 594. The number of nitrogens with zero attached hydrogens (tertiary/aromatic N) is 1. The number of fused-ring (bicyclic) bond motifs is 1. The summed E-state index contributed by atoms with van der Waals surface area (Å²) in [6, 6.07) is 2.05. The van der Waals surface area contributed by atoms with Gasteiger partial charge in [-0.25, -0.2) is 0 Å². The molecule has 2 heterocycles. The van der Waals surface area contributed by atoms with Crippen molar-refractivity contribution >= 4 is 45.6 Å². The second kappa shape index (κ2) is 6.64. The molecule has 0 spiro atoms. The summed E-state index contributed by atoms with van der Waals surface area (Å²) >= 11 is 5.10. The van der Waals surface area contributed by atoms with Gasteiger partial charge >= 0.3 is 0 Å². The zero-order valence-corrected chi connectivity index (χ0v) is 16.9. The standard InChI is InChI=1S/C16H23BrN2O2S.ClH/c1-15(2)13-12(5-4-6-21-13)16(15,18)14(20)19(3)8-11-7-10(17)9-22-11;/h7,9,12-13H,4-6,8,18H2,1-3H3;1H. The van der Waals surface area contributed by atoms with Crippen LogP contribution in [0, 0.1) is 11.3 Å². The Labute approximate surface area is 156 Å². The average Bonchev–Trinajstić information content (AvgIpc) is 2.90. The highest BCUT2D eigenvalue weighted by molar-refractivity contribution is 9.10. The van der Waals surface area contributed by atoms with E-state index in [2.05, 4.69) is 35.8 Å². The summed E-state index contributed by atoms with van der Waals surface area (Å²) in [6.07, 6.45) is 2.08. The zero-order chi connectivity index (χ0) is 16.1. The minimum atomic E-state index is -0.818. The van der Waals surface area contributed by atoms with Gasteiger partial charge in [0.1, 0.15) is 5.54 Å². The molecule has 2 fully saturated rings. The van der Waals surface area contributed by atoms with Crippen LogP contribution in [0.15, 0.2) is 15.9 Å². The molecule has 1 aromatic rings. The fraction of sp³-hybridized carbons (Fsp3) is 0.688.